The third-order valence-electron chi connectivity index (χ3n) is 6.53. The molecule has 136 valence electrons. The van der Waals surface area contributed by atoms with Gasteiger partial charge in [-0.2, -0.15) is 0 Å². The molecule has 2 aliphatic heterocycles. The SMILES string of the molecule is CC(O)CN1CCC2(CC1)CN(C(=O)C1CCCC1)c1ccccc12. The van der Waals surface area contributed by atoms with Gasteiger partial charge in [0.05, 0.1) is 6.10 Å². The Bertz CT molecular complexity index is 629. The quantitative estimate of drug-likeness (QED) is 0.918. The fourth-order valence-electron chi connectivity index (χ4n) is 5.19. The van der Waals surface area contributed by atoms with Crippen LogP contribution in [0.25, 0.3) is 0 Å². The molecule has 2 heterocycles. The van der Waals surface area contributed by atoms with E-state index in [0.29, 0.717) is 5.91 Å². The molecule has 3 aliphatic rings. The maximum atomic E-state index is 13.1. The van der Waals surface area contributed by atoms with E-state index in [9.17, 15) is 9.90 Å². The molecular weight excluding hydrogens is 312 g/mol. The summed E-state index contributed by atoms with van der Waals surface area (Å²) in [5.41, 5.74) is 2.64. The van der Waals surface area contributed by atoms with Crippen molar-refractivity contribution >= 4 is 11.6 Å². The lowest BCUT2D eigenvalue weighted by Gasteiger charge is -2.40. The fraction of sp³-hybridized carbons (Fsp3) is 0.667. The molecule has 4 heteroatoms. The van der Waals surface area contributed by atoms with Gasteiger partial charge in [0.15, 0.2) is 0 Å². The van der Waals surface area contributed by atoms with Crippen LogP contribution in [-0.2, 0) is 10.2 Å². The number of likely N-dealkylation sites (tertiary alicyclic amines) is 1. The molecule has 25 heavy (non-hydrogen) atoms. The highest BCUT2D eigenvalue weighted by Crippen LogP contribution is 2.48. The van der Waals surface area contributed by atoms with Crippen LogP contribution in [-0.4, -0.2) is 48.2 Å². The second-order valence-electron chi connectivity index (χ2n) is 8.35. The molecule has 1 aliphatic carbocycles. The Kier molecular flexibility index (Phi) is 4.59. The Balaban J connectivity index is 1.56. The monoisotopic (exact) mass is 342 g/mol. The van der Waals surface area contributed by atoms with E-state index in [4.69, 9.17) is 0 Å². The number of hydrogen-bond donors (Lipinski definition) is 1. The smallest absolute Gasteiger partial charge is 0.230 e. The predicted molar refractivity (Wildman–Crippen MR) is 99.8 cm³/mol. The van der Waals surface area contributed by atoms with Gasteiger partial charge in [0.25, 0.3) is 0 Å². The van der Waals surface area contributed by atoms with E-state index in [0.717, 1.165) is 57.5 Å². The minimum Gasteiger partial charge on any atom is -0.392 e. The van der Waals surface area contributed by atoms with Crippen LogP contribution in [0, 0.1) is 5.92 Å². The number of aliphatic hydroxyl groups excluding tert-OH is 1. The van der Waals surface area contributed by atoms with Crippen LogP contribution in [0.3, 0.4) is 0 Å². The number of carbonyl (C=O) groups excluding carboxylic acids is 1. The number of hydrogen-bond acceptors (Lipinski definition) is 3. The van der Waals surface area contributed by atoms with Crippen molar-refractivity contribution in [1.29, 1.82) is 0 Å². The summed E-state index contributed by atoms with van der Waals surface area (Å²) in [6.07, 6.45) is 6.40. The van der Waals surface area contributed by atoms with Crippen LogP contribution in [0.15, 0.2) is 24.3 Å². The van der Waals surface area contributed by atoms with Gasteiger partial charge < -0.3 is 14.9 Å². The first kappa shape index (κ1) is 17.0. The van der Waals surface area contributed by atoms with Gasteiger partial charge in [-0.1, -0.05) is 31.0 Å². The third kappa shape index (κ3) is 3.11. The number of carbonyl (C=O) groups is 1. The first-order valence-electron chi connectivity index (χ1n) is 9.90. The Morgan fingerprint density at radius 3 is 2.60 bits per heavy atom. The number of fused-ring (bicyclic) bond motifs is 2. The zero-order chi connectivity index (χ0) is 17.4. The summed E-state index contributed by atoms with van der Waals surface area (Å²) in [6.45, 7) is 5.47. The summed E-state index contributed by atoms with van der Waals surface area (Å²) >= 11 is 0. The number of rotatable bonds is 3. The molecule has 1 spiro atoms. The van der Waals surface area contributed by atoms with E-state index in [1.54, 1.807) is 0 Å². The van der Waals surface area contributed by atoms with E-state index in [1.807, 2.05) is 6.92 Å². The minimum absolute atomic E-state index is 0.111. The van der Waals surface area contributed by atoms with Gasteiger partial charge in [-0.05, 0) is 57.3 Å². The molecule has 0 bridgehead atoms. The average molecular weight is 342 g/mol. The lowest BCUT2D eigenvalue weighted by molar-refractivity contribution is -0.122. The summed E-state index contributed by atoms with van der Waals surface area (Å²) in [5, 5.41) is 9.66. The highest BCUT2D eigenvalue weighted by atomic mass is 16.3. The summed E-state index contributed by atoms with van der Waals surface area (Å²) in [7, 11) is 0. The topological polar surface area (TPSA) is 43.8 Å². The number of benzene rings is 1. The van der Waals surface area contributed by atoms with Crippen molar-refractivity contribution in [3.8, 4) is 0 Å². The molecule has 1 saturated heterocycles. The molecule has 0 radical (unpaired) electrons. The number of aliphatic hydroxyl groups is 1. The molecule has 1 aromatic carbocycles. The molecule has 1 aromatic rings. The van der Waals surface area contributed by atoms with Crippen molar-refractivity contribution in [3.63, 3.8) is 0 Å². The molecule has 4 nitrogen and oxygen atoms in total. The number of amides is 1. The fourth-order valence-corrected chi connectivity index (χ4v) is 5.19. The van der Waals surface area contributed by atoms with Gasteiger partial charge in [-0.25, -0.2) is 0 Å². The molecule has 2 fully saturated rings. The second-order valence-corrected chi connectivity index (χ2v) is 8.35. The summed E-state index contributed by atoms with van der Waals surface area (Å²) in [4.78, 5) is 17.6. The van der Waals surface area contributed by atoms with E-state index >= 15 is 0 Å². The summed E-state index contributed by atoms with van der Waals surface area (Å²) in [6, 6.07) is 8.56. The molecule has 0 aromatic heterocycles. The standard InChI is InChI=1S/C21H30N2O2/c1-16(24)14-22-12-10-21(11-13-22)15-23(19-9-5-4-8-18(19)21)20(25)17-6-2-3-7-17/h4-5,8-9,16-17,24H,2-3,6-7,10-15H2,1H3. The van der Waals surface area contributed by atoms with Crippen LogP contribution in [0.1, 0.15) is 51.0 Å². The normalized spacial score (nSPS) is 24.6. The van der Waals surface area contributed by atoms with Gasteiger partial charge in [0.1, 0.15) is 0 Å². The zero-order valence-electron chi connectivity index (χ0n) is 15.3. The number of piperidine rings is 1. The average Bonchev–Trinajstić information content (AvgIpc) is 3.24. The first-order chi connectivity index (χ1) is 12.1. The van der Waals surface area contributed by atoms with Crippen LogP contribution < -0.4 is 4.90 Å². The molecule has 1 N–H and O–H groups in total. The second kappa shape index (κ2) is 6.73. The molecule has 1 unspecified atom stereocenters. The Labute approximate surface area is 150 Å². The van der Waals surface area contributed by atoms with Crippen molar-refractivity contribution in [3.05, 3.63) is 29.8 Å². The lowest BCUT2D eigenvalue weighted by Crippen LogP contribution is -2.48. The van der Waals surface area contributed by atoms with Crippen molar-refractivity contribution < 1.29 is 9.90 Å². The van der Waals surface area contributed by atoms with Crippen molar-refractivity contribution in [2.45, 2.75) is 57.0 Å². The van der Waals surface area contributed by atoms with Gasteiger partial charge in [-0.3, -0.25) is 4.79 Å². The largest absolute Gasteiger partial charge is 0.392 e. The number of anilines is 1. The maximum Gasteiger partial charge on any atom is 0.230 e. The van der Waals surface area contributed by atoms with Crippen LogP contribution in [0.2, 0.25) is 0 Å². The van der Waals surface area contributed by atoms with Crippen LogP contribution in [0.4, 0.5) is 5.69 Å². The van der Waals surface area contributed by atoms with E-state index in [-0.39, 0.29) is 17.4 Å². The Morgan fingerprint density at radius 1 is 1.24 bits per heavy atom. The van der Waals surface area contributed by atoms with Gasteiger partial charge in [-0.15, -0.1) is 0 Å². The summed E-state index contributed by atoms with van der Waals surface area (Å²) in [5.74, 6) is 0.590. The van der Waals surface area contributed by atoms with Crippen molar-refractivity contribution in [2.24, 2.45) is 5.92 Å². The maximum absolute atomic E-state index is 13.1. The lowest BCUT2D eigenvalue weighted by atomic mass is 9.74. The van der Waals surface area contributed by atoms with Gasteiger partial charge in [0.2, 0.25) is 5.91 Å². The van der Waals surface area contributed by atoms with E-state index < -0.39 is 0 Å². The number of para-hydroxylation sites is 1. The minimum atomic E-state index is -0.273. The predicted octanol–water partition coefficient (Wildman–Crippen LogP) is 2.94. The van der Waals surface area contributed by atoms with Crippen molar-refractivity contribution in [1.82, 2.24) is 4.90 Å². The highest BCUT2D eigenvalue weighted by Gasteiger charge is 2.47. The molecule has 4 rings (SSSR count). The molecular formula is C21H30N2O2. The molecule has 1 saturated carbocycles. The Hall–Kier alpha value is -1.39. The number of β-amino-alcohol motifs (C(OH)–C–C–N with tert-alkyl or cyclic N) is 1. The Morgan fingerprint density at radius 2 is 1.92 bits per heavy atom. The summed E-state index contributed by atoms with van der Waals surface area (Å²) < 4.78 is 0. The molecule has 1 atom stereocenters. The first-order valence-corrected chi connectivity index (χ1v) is 9.90. The van der Waals surface area contributed by atoms with Gasteiger partial charge in [0, 0.05) is 30.1 Å². The van der Waals surface area contributed by atoms with Crippen LogP contribution in [0.5, 0.6) is 0 Å². The van der Waals surface area contributed by atoms with Gasteiger partial charge >= 0.3 is 0 Å². The third-order valence-corrected chi connectivity index (χ3v) is 6.53. The van der Waals surface area contributed by atoms with E-state index in [2.05, 4.69) is 34.1 Å². The van der Waals surface area contributed by atoms with Crippen LogP contribution >= 0.6 is 0 Å². The number of nitrogens with zero attached hydrogens (tertiary/aromatic N) is 2. The van der Waals surface area contributed by atoms with E-state index in [1.165, 1.54) is 18.4 Å². The van der Waals surface area contributed by atoms with Crippen molar-refractivity contribution in [2.75, 3.05) is 31.1 Å². The molecule has 1 amide bonds. The highest BCUT2D eigenvalue weighted by molar-refractivity contribution is 5.98. The zero-order valence-corrected chi connectivity index (χ0v) is 15.3.